The lowest BCUT2D eigenvalue weighted by molar-refractivity contribution is -0.191. The Morgan fingerprint density at radius 2 is 1.56 bits per heavy atom. The van der Waals surface area contributed by atoms with Crippen molar-refractivity contribution in [1.29, 1.82) is 0 Å². The van der Waals surface area contributed by atoms with Gasteiger partial charge in [0, 0.05) is 52.4 Å². The summed E-state index contributed by atoms with van der Waals surface area (Å²) in [4.78, 5) is 114. The Labute approximate surface area is 500 Å². The number of fused-ring (bicyclic) bond motifs is 5. The van der Waals surface area contributed by atoms with Gasteiger partial charge in [-0.3, -0.25) is 23.9 Å². The van der Waals surface area contributed by atoms with Crippen LogP contribution in [-0.2, 0) is 62.2 Å². The number of hydrogen-bond donors (Lipinski definition) is 9. The first-order valence-electron chi connectivity index (χ1n) is 28.0. The zero-order valence-corrected chi connectivity index (χ0v) is 49.1. The van der Waals surface area contributed by atoms with Gasteiger partial charge in [-0.25, -0.2) is 32.6 Å². The molecule has 3 aliphatic rings. The Balaban J connectivity index is 0.779. The number of carboxylic acid groups (broad SMARTS) is 1. The molecule has 1 saturated heterocycles. The van der Waals surface area contributed by atoms with Crippen LogP contribution in [-0.4, -0.2) is 107 Å². The van der Waals surface area contributed by atoms with Crippen LogP contribution < -0.4 is 47.5 Å². The predicted octanol–water partition coefficient (Wildman–Crippen LogP) is 6.81. The molecular formula is C60H65N11O13S2. The highest BCUT2D eigenvalue weighted by molar-refractivity contribution is 7.92. The van der Waals surface area contributed by atoms with Crippen LogP contribution in [0.15, 0.2) is 119 Å². The van der Waals surface area contributed by atoms with Gasteiger partial charge in [-0.05, 0) is 129 Å². The van der Waals surface area contributed by atoms with Crippen LogP contribution in [0.25, 0.3) is 22.3 Å². The van der Waals surface area contributed by atoms with E-state index in [0.717, 1.165) is 16.5 Å². The maximum Gasteiger partial charge on any atom is 0.355 e. The summed E-state index contributed by atoms with van der Waals surface area (Å²) in [7, 11) is -4.19. The molecule has 6 aromatic rings. The fourth-order valence-corrected chi connectivity index (χ4v) is 11.9. The van der Waals surface area contributed by atoms with Crippen molar-refractivity contribution in [1.82, 2.24) is 35.7 Å². The van der Waals surface area contributed by atoms with E-state index in [4.69, 9.17) is 26.7 Å². The number of benzene rings is 4. The summed E-state index contributed by atoms with van der Waals surface area (Å²) in [6, 6.07) is 24.5. The van der Waals surface area contributed by atoms with Crippen LogP contribution in [0.2, 0.25) is 0 Å². The van der Waals surface area contributed by atoms with Gasteiger partial charge in [0.15, 0.2) is 5.11 Å². The molecule has 2 aromatic heterocycles. The Hall–Kier alpha value is -9.43. The molecule has 4 atom stereocenters. The van der Waals surface area contributed by atoms with E-state index in [0.29, 0.717) is 48.6 Å². The second kappa shape index (κ2) is 26.2. The molecule has 1 unspecified atom stereocenters. The third kappa shape index (κ3) is 13.9. The number of nitrogens with zero attached hydrogens (tertiary/aromatic N) is 3. The van der Waals surface area contributed by atoms with E-state index in [1.807, 2.05) is 51.1 Å². The number of rotatable bonds is 21. The van der Waals surface area contributed by atoms with Crippen molar-refractivity contribution in [2.24, 2.45) is 5.92 Å². The number of aliphatic carboxylic acids is 1. The molecular weight excluding hydrogens is 1150 g/mol. The van der Waals surface area contributed by atoms with Crippen LogP contribution in [0.4, 0.5) is 32.3 Å². The first-order chi connectivity index (χ1) is 41.1. The fourth-order valence-electron chi connectivity index (χ4n) is 10.6. The van der Waals surface area contributed by atoms with Crippen LogP contribution in [0.1, 0.15) is 94.5 Å². The first kappa shape index (κ1) is 61.1. The van der Waals surface area contributed by atoms with E-state index in [9.17, 15) is 51.9 Å². The van der Waals surface area contributed by atoms with Gasteiger partial charge in [-0.15, -0.1) is 0 Å². The Morgan fingerprint density at radius 3 is 2.29 bits per heavy atom. The topological polar surface area (TPSA) is 327 Å². The summed E-state index contributed by atoms with van der Waals surface area (Å²) in [5.41, 5.74) is 1.94. The Bertz CT molecular complexity index is 3840. The van der Waals surface area contributed by atoms with Crippen molar-refractivity contribution in [3.63, 3.8) is 0 Å². The number of carbonyl (C=O) groups excluding carboxylic acids is 6. The molecule has 0 saturated carbocycles. The number of anilines is 4. The number of para-hydroxylation sites is 1. The second-order valence-electron chi connectivity index (χ2n) is 21.4. The van der Waals surface area contributed by atoms with E-state index in [1.165, 1.54) is 53.4 Å². The SMILES string of the molecule is CCCNC(=O)Nc1cccc(S(=O)(=O)Nc2cccc(C(CC(=O)O)NC(=O)Nc3ccc(NC(=S)NCC(=O)N4CCC[C@H]4C(=O)N[C@@H](CC(C)C)C(=O)O[C@]4(CC)C(=O)OCc5c4cc4n(c5=O)Cc5cc6ccccc6nc5-4)cc3)c2)c1. The van der Waals surface area contributed by atoms with Crippen LogP contribution in [0.3, 0.4) is 0 Å². The van der Waals surface area contributed by atoms with Crippen LogP contribution in [0, 0.1) is 5.92 Å². The van der Waals surface area contributed by atoms with E-state index in [-0.39, 0.29) is 83.1 Å². The number of likely N-dealkylation sites (tertiary alicyclic amines) is 1. The minimum atomic E-state index is -4.19. The number of nitrogens with one attached hydrogen (secondary N) is 8. The maximum absolute atomic E-state index is 14.4. The number of carbonyl (C=O) groups is 7. The number of amides is 6. The third-order valence-electron chi connectivity index (χ3n) is 14.8. The summed E-state index contributed by atoms with van der Waals surface area (Å²) in [6.07, 6.45) is 0.995. The van der Waals surface area contributed by atoms with Crippen molar-refractivity contribution in [2.45, 2.75) is 108 Å². The van der Waals surface area contributed by atoms with Gasteiger partial charge in [0.2, 0.25) is 17.4 Å². The fraction of sp³-hybridized carbons (Fsp3) is 0.333. The van der Waals surface area contributed by atoms with Crippen LogP contribution in [0.5, 0.6) is 0 Å². The van der Waals surface area contributed by atoms with Gasteiger partial charge < -0.3 is 61.3 Å². The average Bonchev–Trinajstić information content (AvgIpc) is 1.40. The molecule has 86 heavy (non-hydrogen) atoms. The van der Waals surface area contributed by atoms with Gasteiger partial charge in [-0.2, -0.15) is 0 Å². The molecule has 9 N–H and O–H groups in total. The molecule has 24 nitrogen and oxygen atoms in total. The normalized spacial score (nSPS) is 16.5. The van der Waals surface area contributed by atoms with Crippen molar-refractivity contribution in [3.05, 3.63) is 142 Å². The molecule has 0 aliphatic carbocycles. The number of thiocarbonyl (C=S) groups is 1. The monoisotopic (exact) mass is 1210 g/mol. The molecule has 0 radical (unpaired) electrons. The summed E-state index contributed by atoms with van der Waals surface area (Å²) in [5, 5.41) is 29.9. The molecule has 6 amide bonds. The lowest BCUT2D eigenvalue weighted by atomic mass is 9.85. The lowest BCUT2D eigenvalue weighted by Crippen LogP contribution is -2.55. The van der Waals surface area contributed by atoms with E-state index >= 15 is 0 Å². The summed E-state index contributed by atoms with van der Waals surface area (Å²) >= 11 is 5.48. The lowest BCUT2D eigenvalue weighted by Gasteiger charge is -2.37. The third-order valence-corrected chi connectivity index (χ3v) is 16.4. The summed E-state index contributed by atoms with van der Waals surface area (Å²) in [6.45, 7) is 7.57. The van der Waals surface area contributed by atoms with Gasteiger partial charge in [0.1, 0.15) is 18.7 Å². The minimum absolute atomic E-state index is 0.0597. The van der Waals surface area contributed by atoms with Crippen molar-refractivity contribution in [3.8, 4) is 11.4 Å². The largest absolute Gasteiger partial charge is 0.481 e. The Kier molecular flexibility index (Phi) is 18.6. The van der Waals surface area contributed by atoms with Crippen molar-refractivity contribution >= 4 is 103 Å². The maximum atomic E-state index is 14.4. The minimum Gasteiger partial charge on any atom is -0.481 e. The first-order valence-corrected chi connectivity index (χ1v) is 29.9. The number of ether oxygens (including phenoxy) is 2. The van der Waals surface area contributed by atoms with Gasteiger partial charge in [0.05, 0.1) is 52.9 Å². The molecule has 0 bridgehead atoms. The molecule has 9 rings (SSSR count). The molecule has 0 spiro atoms. The molecule has 1 fully saturated rings. The van der Waals surface area contributed by atoms with Crippen molar-refractivity contribution < 1.29 is 56.6 Å². The molecule has 4 aromatic carbocycles. The Morgan fingerprint density at radius 1 is 0.837 bits per heavy atom. The van der Waals surface area contributed by atoms with Gasteiger partial charge in [0.25, 0.3) is 15.6 Å². The quantitative estimate of drug-likeness (QED) is 0.0264. The highest BCUT2D eigenvalue weighted by atomic mass is 32.2. The number of carboxylic acids is 1. The van der Waals surface area contributed by atoms with E-state index < -0.39 is 87.5 Å². The summed E-state index contributed by atoms with van der Waals surface area (Å²) < 4.78 is 42.6. The zero-order valence-electron chi connectivity index (χ0n) is 47.5. The van der Waals surface area contributed by atoms with E-state index in [1.54, 1.807) is 41.8 Å². The smallest absolute Gasteiger partial charge is 0.355 e. The molecule has 5 heterocycles. The zero-order chi connectivity index (χ0) is 61.5. The number of aromatic nitrogens is 2. The highest BCUT2D eigenvalue weighted by Crippen LogP contribution is 2.41. The summed E-state index contributed by atoms with van der Waals surface area (Å²) in [5.74, 6) is -4.19. The molecule has 450 valence electrons. The number of pyridine rings is 2. The second-order valence-corrected chi connectivity index (χ2v) is 23.5. The van der Waals surface area contributed by atoms with E-state index in [2.05, 4.69) is 41.9 Å². The standard InChI is InChI=1S/C60H65N11O13S2/c1-5-23-61-57(79)64-40-14-10-16-42(28-40)86(81,82)69-41-15-9-13-36(27-41)46(30-51(73)74)68-58(80)63-38-19-21-39(22-20-38)65-59(85)62-31-50(72)70-24-11-18-48(70)53(75)67-47(25-34(3)4)55(77)84-60(6-2)44-29-49-52-37(26-35-12-7-8-17-45(35)66-52)32-71(49)54(76)43(44)33-83-56(60)78/h7-10,12-17,19-22,26-29,34,46-48,69H,5-6,11,18,23-25,30-33H2,1-4H3,(H,67,75)(H,73,74)(H2,61,64,79)(H2,62,65,85)(H2,63,68,80)/t46?,47-,48-,60-/m0/s1. The van der Waals surface area contributed by atoms with Crippen LogP contribution >= 0.6 is 12.2 Å². The number of esters is 2. The van der Waals surface area contributed by atoms with Gasteiger partial charge in [-0.1, -0.05) is 64.1 Å². The number of cyclic esters (lactones) is 1. The number of urea groups is 2. The number of sulfonamides is 1. The molecule has 3 aliphatic heterocycles. The molecule has 26 heteroatoms. The highest BCUT2D eigenvalue weighted by Gasteiger charge is 2.51. The van der Waals surface area contributed by atoms with Crippen molar-refractivity contribution in [2.75, 3.05) is 40.3 Å². The average molecular weight is 1210 g/mol. The van der Waals surface area contributed by atoms with Gasteiger partial charge >= 0.3 is 30.0 Å². The number of hydrogen-bond acceptors (Lipinski definition) is 14. The predicted molar refractivity (Wildman–Crippen MR) is 323 cm³/mol.